The average molecular weight is 162 g/mol. The number of hydrogen-bond donors (Lipinski definition) is 3. The van der Waals surface area contributed by atoms with Crippen LogP contribution in [0.15, 0.2) is 0 Å². The van der Waals surface area contributed by atoms with Gasteiger partial charge in [0.1, 0.15) is 6.04 Å². The Bertz CT molecular complexity index is 118. The van der Waals surface area contributed by atoms with Crippen LogP contribution in [0.2, 0.25) is 0 Å². The molecule has 0 aromatic heterocycles. The number of nitrogens with one attached hydrogen (secondary N) is 1. The van der Waals surface area contributed by atoms with Crippen molar-refractivity contribution in [3.05, 3.63) is 0 Å². The fraction of sp³-hybridized carbons (Fsp3) is 0.833. The van der Waals surface area contributed by atoms with Gasteiger partial charge >= 0.3 is 5.97 Å². The first-order valence-electron chi connectivity index (χ1n) is 3.38. The summed E-state index contributed by atoms with van der Waals surface area (Å²) in [7, 11) is 1.27. The fourth-order valence-electron chi connectivity index (χ4n) is 0.622. The van der Waals surface area contributed by atoms with Crippen molar-refractivity contribution in [2.75, 3.05) is 26.8 Å². The minimum Gasteiger partial charge on any atom is -0.468 e. The minimum atomic E-state index is -0.649. The molecule has 11 heavy (non-hydrogen) atoms. The monoisotopic (exact) mass is 162 g/mol. The molecule has 0 fully saturated rings. The maximum atomic E-state index is 10.8. The van der Waals surface area contributed by atoms with Crippen molar-refractivity contribution in [3.63, 3.8) is 0 Å². The molecule has 5 heteroatoms. The summed E-state index contributed by atoms with van der Waals surface area (Å²) in [6, 6.07) is -0.649. The summed E-state index contributed by atoms with van der Waals surface area (Å²) >= 11 is 0. The Balaban J connectivity index is 3.65. The molecule has 0 amide bonds. The van der Waals surface area contributed by atoms with E-state index < -0.39 is 12.0 Å². The van der Waals surface area contributed by atoms with Crippen LogP contribution in [0.1, 0.15) is 0 Å². The Morgan fingerprint density at radius 2 is 2.45 bits per heavy atom. The lowest BCUT2D eigenvalue weighted by Crippen LogP contribution is -2.42. The molecule has 0 aliphatic rings. The number of aliphatic hydroxyl groups excluding tert-OH is 1. The number of hydrogen-bond acceptors (Lipinski definition) is 5. The highest BCUT2D eigenvalue weighted by Crippen LogP contribution is 1.84. The minimum absolute atomic E-state index is 0.271. The van der Waals surface area contributed by atoms with Gasteiger partial charge in [0.15, 0.2) is 0 Å². The van der Waals surface area contributed by atoms with Gasteiger partial charge in [0.2, 0.25) is 0 Å². The quantitative estimate of drug-likeness (QED) is 0.410. The van der Waals surface area contributed by atoms with Crippen molar-refractivity contribution >= 4 is 5.97 Å². The summed E-state index contributed by atoms with van der Waals surface area (Å²) in [5, 5.41) is 11.4. The van der Waals surface area contributed by atoms with Gasteiger partial charge in [-0.25, -0.2) is 0 Å². The lowest BCUT2D eigenvalue weighted by Gasteiger charge is -2.12. The second-order valence-corrected chi connectivity index (χ2v) is 2.00. The molecule has 0 radical (unpaired) electrons. The molecule has 0 aliphatic heterocycles. The smallest absolute Gasteiger partial charge is 0.325 e. The van der Waals surface area contributed by atoms with Crippen molar-refractivity contribution in [1.29, 1.82) is 0 Å². The van der Waals surface area contributed by atoms with Crippen molar-refractivity contribution in [1.82, 2.24) is 5.32 Å². The molecule has 1 atom stereocenters. The Morgan fingerprint density at radius 1 is 1.82 bits per heavy atom. The third-order valence-electron chi connectivity index (χ3n) is 1.20. The van der Waals surface area contributed by atoms with Crippen LogP contribution in [0.5, 0.6) is 0 Å². The van der Waals surface area contributed by atoms with Crippen LogP contribution in [-0.4, -0.2) is 43.9 Å². The van der Waals surface area contributed by atoms with E-state index in [1.54, 1.807) is 0 Å². The van der Waals surface area contributed by atoms with E-state index in [0.717, 1.165) is 0 Å². The average Bonchev–Trinajstić information content (AvgIpc) is 2.05. The molecule has 0 spiro atoms. The number of carbonyl (C=O) groups is 1. The summed E-state index contributed by atoms with van der Waals surface area (Å²) in [5.74, 6) is -0.471. The molecular weight excluding hydrogens is 148 g/mol. The third-order valence-corrected chi connectivity index (χ3v) is 1.20. The number of esters is 1. The van der Waals surface area contributed by atoms with Crippen LogP contribution in [0.3, 0.4) is 0 Å². The molecule has 0 saturated carbocycles. The standard InChI is InChI=1S/C6H14N2O3/c1-11-6(10)5(4-9)8-3-2-7/h5,8-9H,2-4,7H2,1H3/t5-/m0/s1. The Morgan fingerprint density at radius 3 is 2.82 bits per heavy atom. The zero-order chi connectivity index (χ0) is 8.69. The molecule has 0 rings (SSSR count). The first kappa shape index (κ1) is 10.3. The van der Waals surface area contributed by atoms with Crippen molar-refractivity contribution in [2.24, 2.45) is 5.73 Å². The molecule has 5 nitrogen and oxygen atoms in total. The molecule has 0 aromatic rings. The molecule has 0 aromatic carbocycles. The number of methoxy groups -OCH3 is 1. The first-order chi connectivity index (χ1) is 5.26. The fourth-order valence-corrected chi connectivity index (χ4v) is 0.622. The van der Waals surface area contributed by atoms with Crippen molar-refractivity contribution < 1.29 is 14.6 Å². The van der Waals surface area contributed by atoms with Crippen LogP contribution >= 0.6 is 0 Å². The van der Waals surface area contributed by atoms with E-state index in [4.69, 9.17) is 10.8 Å². The summed E-state index contributed by atoms with van der Waals surface area (Å²) in [6.45, 7) is 0.639. The summed E-state index contributed by atoms with van der Waals surface area (Å²) in [6.07, 6.45) is 0. The van der Waals surface area contributed by atoms with Crippen molar-refractivity contribution in [3.8, 4) is 0 Å². The van der Waals surface area contributed by atoms with Crippen LogP contribution in [0.4, 0.5) is 0 Å². The van der Waals surface area contributed by atoms with Crippen molar-refractivity contribution in [2.45, 2.75) is 6.04 Å². The molecule has 66 valence electrons. The summed E-state index contributed by atoms with van der Waals surface area (Å²) < 4.78 is 4.40. The number of aliphatic hydroxyl groups is 1. The topological polar surface area (TPSA) is 84.6 Å². The first-order valence-corrected chi connectivity index (χ1v) is 3.38. The molecule has 0 aliphatic carbocycles. The normalized spacial score (nSPS) is 12.6. The SMILES string of the molecule is COC(=O)[C@H](CO)NCCN. The van der Waals surface area contributed by atoms with Gasteiger partial charge < -0.3 is 20.9 Å². The van der Waals surface area contributed by atoms with Crippen LogP contribution < -0.4 is 11.1 Å². The Hall–Kier alpha value is -0.650. The maximum Gasteiger partial charge on any atom is 0.325 e. The lowest BCUT2D eigenvalue weighted by molar-refractivity contribution is -0.144. The highest BCUT2D eigenvalue weighted by molar-refractivity contribution is 5.75. The number of nitrogens with two attached hydrogens (primary N) is 1. The van der Waals surface area contributed by atoms with Gasteiger partial charge in [0.05, 0.1) is 13.7 Å². The van der Waals surface area contributed by atoms with Gasteiger partial charge in [-0.05, 0) is 0 Å². The predicted octanol–water partition coefficient (Wildman–Crippen LogP) is -1.93. The molecule has 0 heterocycles. The summed E-state index contributed by atoms with van der Waals surface area (Å²) in [4.78, 5) is 10.8. The van der Waals surface area contributed by atoms with E-state index in [1.165, 1.54) is 7.11 Å². The molecular formula is C6H14N2O3. The largest absolute Gasteiger partial charge is 0.468 e. The zero-order valence-corrected chi connectivity index (χ0v) is 6.54. The van der Waals surface area contributed by atoms with E-state index in [9.17, 15) is 4.79 Å². The summed E-state index contributed by atoms with van der Waals surface area (Å²) in [5.41, 5.74) is 5.18. The van der Waals surface area contributed by atoms with Gasteiger partial charge in [-0.2, -0.15) is 0 Å². The van der Waals surface area contributed by atoms with Gasteiger partial charge in [-0.1, -0.05) is 0 Å². The number of rotatable bonds is 5. The molecule has 0 bridgehead atoms. The Labute approximate surface area is 65.5 Å². The molecule has 4 N–H and O–H groups in total. The second kappa shape index (κ2) is 6.09. The van der Waals surface area contributed by atoms with Crippen LogP contribution in [-0.2, 0) is 9.53 Å². The van der Waals surface area contributed by atoms with E-state index >= 15 is 0 Å². The lowest BCUT2D eigenvalue weighted by atomic mass is 10.3. The van der Waals surface area contributed by atoms with Crippen LogP contribution in [0.25, 0.3) is 0 Å². The number of ether oxygens (including phenoxy) is 1. The predicted molar refractivity (Wildman–Crippen MR) is 39.9 cm³/mol. The molecule has 0 unspecified atom stereocenters. The van der Waals surface area contributed by atoms with Crippen LogP contribution in [0, 0.1) is 0 Å². The van der Waals surface area contributed by atoms with Gasteiger partial charge in [0, 0.05) is 13.1 Å². The zero-order valence-electron chi connectivity index (χ0n) is 6.54. The second-order valence-electron chi connectivity index (χ2n) is 2.00. The van der Waals surface area contributed by atoms with Gasteiger partial charge in [-0.15, -0.1) is 0 Å². The highest BCUT2D eigenvalue weighted by atomic mass is 16.5. The molecule has 0 saturated heterocycles. The Kier molecular flexibility index (Phi) is 5.73. The highest BCUT2D eigenvalue weighted by Gasteiger charge is 2.15. The van der Waals surface area contributed by atoms with E-state index in [2.05, 4.69) is 10.1 Å². The van der Waals surface area contributed by atoms with Gasteiger partial charge in [0.25, 0.3) is 0 Å². The maximum absolute atomic E-state index is 10.8. The van der Waals surface area contributed by atoms with E-state index in [0.29, 0.717) is 13.1 Å². The number of carbonyl (C=O) groups excluding carboxylic acids is 1. The third kappa shape index (κ3) is 3.92. The van der Waals surface area contributed by atoms with Gasteiger partial charge in [-0.3, -0.25) is 4.79 Å². The van der Waals surface area contributed by atoms with E-state index in [1.807, 2.05) is 0 Å². The van der Waals surface area contributed by atoms with E-state index in [-0.39, 0.29) is 6.61 Å².